The first kappa shape index (κ1) is 9.53. The zero-order valence-corrected chi connectivity index (χ0v) is 9.74. The molecule has 1 nitrogen and oxygen atoms in total. The highest BCUT2D eigenvalue weighted by atomic mass is 32.2. The summed E-state index contributed by atoms with van der Waals surface area (Å²) in [7, 11) is 0. The average Bonchev–Trinajstić information content (AvgIpc) is 2.78. The van der Waals surface area contributed by atoms with Crippen LogP contribution in [0.5, 0.6) is 0 Å². The normalized spacial score (nSPS) is 43.3. The average molecular weight is 211 g/mol. The predicted octanol–water partition coefficient (Wildman–Crippen LogP) is 2.80. The van der Waals surface area contributed by atoms with E-state index in [1.165, 1.54) is 56.5 Å². The van der Waals surface area contributed by atoms with Gasteiger partial charge in [-0.1, -0.05) is 0 Å². The molecule has 0 radical (unpaired) electrons. The predicted molar refractivity (Wildman–Crippen MR) is 62.8 cm³/mol. The van der Waals surface area contributed by atoms with Crippen LogP contribution < -0.4 is 5.32 Å². The van der Waals surface area contributed by atoms with Crippen LogP contribution in [-0.4, -0.2) is 23.1 Å². The second kappa shape index (κ2) is 3.71. The third kappa shape index (κ3) is 1.71. The van der Waals surface area contributed by atoms with Crippen LogP contribution in [0.15, 0.2) is 0 Å². The Hall–Kier alpha value is 0.310. The number of nitrogens with one attached hydrogen (secondary N) is 1. The first-order valence-corrected chi connectivity index (χ1v) is 7.37. The molecule has 2 bridgehead atoms. The lowest BCUT2D eigenvalue weighted by Crippen LogP contribution is -2.48. The monoisotopic (exact) mass is 211 g/mol. The Kier molecular flexibility index (Phi) is 2.53. The van der Waals surface area contributed by atoms with E-state index in [0.29, 0.717) is 5.54 Å². The minimum absolute atomic E-state index is 0.608. The Labute approximate surface area is 91.4 Å². The van der Waals surface area contributed by atoms with Crippen molar-refractivity contribution in [3.05, 3.63) is 0 Å². The molecule has 2 heteroatoms. The molecular weight excluding hydrogens is 190 g/mol. The Morgan fingerprint density at radius 2 is 1.71 bits per heavy atom. The Balaban J connectivity index is 1.60. The van der Waals surface area contributed by atoms with Gasteiger partial charge in [0.25, 0.3) is 0 Å². The number of fused-ring (bicyclic) bond motifs is 2. The molecule has 2 aliphatic carbocycles. The van der Waals surface area contributed by atoms with Gasteiger partial charge in [0.15, 0.2) is 0 Å². The fraction of sp³-hybridized carbons (Fsp3) is 1.00. The van der Waals surface area contributed by atoms with Crippen molar-refractivity contribution in [3.63, 3.8) is 0 Å². The molecule has 1 heterocycles. The zero-order chi connectivity index (χ0) is 9.43. The minimum atomic E-state index is 0.608. The van der Waals surface area contributed by atoms with E-state index in [0.717, 1.165) is 12.0 Å². The van der Waals surface area contributed by atoms with E-state index < -0.39 is 0 Å². The highest BCUT2D eigenvalue weighted by molar-refractivity contribution is 7.99. The van der Waals surface area contributed by atoms with Gasteiger partial charge in [-0.3, -0.25) is 0 Å². The van der Waals surface area contributed by atoms with E-state index in [1.54, 1.807) is 0 Å². The summed E-state index contributed by atoms with van der Waals surface area (Å²) in [5.41, 5.74) is 0.608. The second-order valence-corrected chi connectivity index (χ2v) is 6.68. The van der Waals surface area contributed by atoms with Gasteiger partial charge in [-0.05, 0) is 62.4 Å². The molecule has 0 spiro atoms. The zero-order valence-electron chi connectivity index (χ0n) is 8.93. The molecule has 3 rings (SSSR count). The quantitative estimate of drug-likeness (QED) is 0.754. The topological polar surface area (TPSA) is 12.0 Å². The minimum Gasteiger partial charge on any atom is -0.308 e. The summed E-state index contributed by atoms with van der Waals surface area (Å²) in [6.45, 7) is 0. The van der Waals surface area contributed by atoms with Crippen LogP contribution in [0.4, 0.5) is 0 Å². The van der Waals surface area contributed by atoms with Crippen molar-refractivity contribution in [1.82, 2.24) is 5.32 Å². The van der Waals surface area contributed by atoms with Crippen LogP contribution in [0.2, 0.25) is 0 Å². The summed E-state index contributed by atoms with van der Waals surface area (Å²) in [6, 6.07) is 0.855. The number of thioether (sulfide) groups is 1. The SMILES string of the molecule is C1CC(NC23CCC(CC2)C3)CCS1. The Bertz CT molecular complexity index is 202. The van der Waals surface area contributed by atoms with Crippen LogP contribution in [-0.2, 0) is 0 Å². The highest BCUT2D eigenvalue weighted by Gasteiger charge is 2.45. The molecule has 1 N–H and O–H groups in total. The van der Waals surface area contributed by atoms with Gasteiger partial charge in [0.1, 0.15) is 0 Å². The lowest BCUT2D eigenvalue weighted by atomic mass is 9.92. The molecule has 0 aromatic rings. The summed E-state index contributed by atoms with van der Waals surface area (Å²) in [5.74, 6) is 3.86. The maximum Gasteiger partial charge on any atom is 0.0187 e. The van der Waals surface area contributed by atoms with Gasteiger partial charge in [0.2, 0.25) is 0 Å². The standard InChI is InChI=1S/C12H21NS/c1-5-12(6-2-10(1)9-12)13-11-3-7-14-8-4-11/h10-11,13H,1-9H2. The third-order valence-corrected chi connectivity index (χ3v) is 5.52. The molecule has 1 aliphatic heterocycles. The van der Waals surface area contributed by atoms with Gasteiger partial charge in [-0.15, -0.1) is 0 Å². The van der Waals surface area contributed by atoms with Crippen molar-refractivity contribution in [3.8, 4) is 0 Å². The molecule has 0 unspecified atom stereocenters. The summed E-state index contributed by atoms with van der Waals surface area (Å²) in [6.07, 6.45) is 10.3. The van der Waals surface area contributed by atoms with Crippen LogP contribution in [0.25, 0.3) is 0 Å². The van der Waals surface area contributed by atoms with E-state index >= 15 is 0 Å². The maximum absolute atomic E-state index is 4.01. The molecule has 0 amide bonds. The van der Waals surface area contributed by atoms with Crippen LogP contribution in [0.3, 0.4) is 0 Å². The fourth-order valence-corrected chi connectivity index (χ4v) is 4.78. The molecule has 80 valence electrons. The largest absolute Gasteiger partial charge is 0.308 e. The maximum atomic E-state index is 4.01. The lowest BCUT2D eigenvalue weighted by molar-refractivity contribution is 0.278. The van der Waals surface area contributed by atoms with Gasteiger partial charge in [0.05, 0.1) is 0 Å². The summed E-state index contributed by atoms with van der Waals surface area (Å²) >= 11 is 2.13. The summed E-state index contributed by atoms with van der Waals surface area (Å²) in [4.78, 5) is 0. The third-order valence-electron chi connectivity index (χ3n) is 4.47. The molecule has 3 aliphatic rings. The van der Waals surface area contributed by atoms with Crippen LogP contribution in [0.1, 0.15) is 44.9 Å². The number of hydrogen-bond acceptors (Lipinski definition) is 2. The van der Waals surface area contributed by atoms with E-state index in [2.05, 4.69) is 17.1 Å². The van der Waals surface area contributed by atoms with E-state index in [1.807, 2.05) is 0 Å². The van der Waals surface area contributed by atoms with Crippen molar-refractivity contribution in [2.45, 2.75) is 56.5 Å². The summed E-state index contributed by atoms with van der Waals surface area (Å²) in [5, 5.41) is 4.01. The first-order valence-electron chi connectivity index (χ1n) is 6.22. The molecule has 1 saturated heterocycles. The molecule has 0 aromatic heterocycles. The van der Waals surface area contributed by atoms with E-state index in [-0.39, 0.29) is 0 Å². The molecule has 0 atom stereocenters. The van der Waals surface area contributed by atoms with Gasteiger partial charge in [-0.2, -0.15) is 11.8 Å². The molecule has 14 heavy (non-hydrogen) atoms. The van der Waals surface area contributed by atoms with Crippen molar-refractivity contribution in [1.29, 1.82) is 0 Å². The van der Waals surface area contributed by atoms with Gasteiger partial charge >= 0.3 is 0 Å². The van der Waals surface area contributed by atoms with E-state index in [9.17, 15) is 0 Å². The lowest BCUT2D eigenvalue weighted by Gasteiger charge is -2.35. The van der Waals surface area contributed by atoms with Crippen molar-refractivity contribution in [2.75, 3.05) is 11.5 Å². The van der Waals surface area contributed by atoms with Crippen molar-refractivity contribution in [2.24, 2.45) is 5.92 Å². The molecular formula is C12H21NS. The second-order valence-electron chi connectivity index (χ2n) is 5.46. The smallest absolute Gasteiger partial charge is 0.0187 e. The van der Waals surface area contributed by atoms with Gasteiger partial charge in [0, 0.05) is 11.6 Å². The van der Waals surface area contributed by atoms with Crippen LogP contribution in [0, 0.1) is 5.92 Å². The highest BCUT2D eigenvalue weighted by Crippen LogP contribution is 2.48. The number of hydrogen-bond donors (Lipinski definition) is 1. The van der Waals surface area contributed by atoms with Gasteiger partial charge < -0.3 is 5.32 Å². The Morgan fingerprint density at radius 1 is 1.00 bits per heavy atom. The first-order chi connectivity index (χ1) is 6.86. The molecule has 3 fully saturated rings. The van der Waals surface area contributed by atoms with Crippen molar-refractivity contribution >= 4 is 11.8 Å². The van der Waals surface area contributed by atoms with Gasteiger partial charge in [-0.25, -0.2) is 0 Å². The van der Waals surface area contributed by atoms with Crippen molar-refractivity contribution < 1.29 is 0 Å². The summed E-state index contributed by atoms with van der Waals surface area (Å²) < 4.78 is 0. The molecule has 2 saturated carbocycles. The molecule has 0 aromatic carbocycles. The van der Waals surface area contributed by atoms with Crippen LogP contribution >= 0.6 is 11.8 Å². The van der Waals surface area contributed by atoms with E-state index in [4.69, 9.17) is 0 Å². The fourth-order valence-electron chi connectivity index (χ4n) is 3.67. The number of rotatable bonds is 2. The Morgan fingerprint density at radius 3 is 2.29 bits per heavy atom.